The number of quaternary nitrogens is 1. The third-order valence-electron chi connectivity index (χ3n) is 1.85. The Hall–Kier alpha value is -1.90. The van der Waals surface area contributed by atoms with Gasteiger partial charge in [0.15, 0.2) is 7.05 Å². The van der Waals surface area contributed by atoms with Gasteiger partial charge in [-0.15, -0.1) is 0 Å². The molecule has 0 amide bonds. The summed E-state index contributed by atoms with van der Waals surface area (Å²) in [7, 11) is 2.20. The second kappa shape index (κ2) is 4.53. The van der Waals surface area contributed by atoms with Crippen LogP contribution < -0.4 is 10.2 Å². The van der Waals surface area contributed by atoms with E-state index in [1.807, 2.05) is 0 Å². The molecule has 0 fully saturated rings. The minimum atomic E-state index is -1.65. The number of nitrogens with zero attached hydrogens (tertiary/aromatic N) is 1. The highest BCUT2D eigenvalue weighted by Gasteiger charge is 2.21. The van der Waals surface area contributed by atoms with Gasteiger partial charge in [0.25, 0.3) is 0 Å². The fraction of sp³-hybridized carbons (Fsp3) is 0.222. The van der Waals surface area contributed by atoms with Crippen LogP contribution in [0.5, 0.6) is 5.75 Å². The molecule has 0 spiro atoms. The van der Waals surface area contributed by atoms with E-state index in [0.29, 0.717) is 0 Å². The number of carbonyl (C=O) groups is 1. The second-order valence-electron chi connectivity index (χ2n) is 3.36. The molecule has 1 aromatic carbocycles. The van der Waals surface area contributed by atoms with Crippen molar-refractivity contribution >= 4 is 11.7 Å². The van der Waals surface area contributed by atoms with Crippen LogP contribution in [0.1, 0.15) is 10.4 Å². The number of halogens is 1. The van der Waals surface area contributed by atoms with Gasteiger partial charge in [-0.05, 0) is 6.07 Å². The van der Waals surface area contributed by atoms with Gasteiger partial charge in [-0.25, -0.2) is 9.18 Å². The molecule has 0 unspecified atom stereocenters. The third kappa shape index (κ3) is 3.28. The van der Waals surface area contributed by atoms with E-state index >= 15 is 0 Å². The van der Waals surface area contributed by atoms with Crippen LogP contribution in [0.25, 0.3) is 0 Å². The molecule has 0 aromatic heterocycles. The van der Waals surface area contributed by atoms with Crippen LogP contribution in [-0.4, -0.2) is 40.6 Å². The minimum absolute atomic E-state index is 0.0312. The highest BCUT2D eigenvalue weighted by Crippen LogP contribution is 2.28. The molecule has 8 heteroatoms. The fourth-order valence-corrected chi connectivity index (χ4v) is 1.20. The van der Waals surface area contributed by atoms with Crippen molar-refractivity contribution in [1.82, 2.24) is 0 Å². The van der Waals surface area contributed by atoms with Crippen LogP contribution in [-0.2, 0) is 0 Å². The second-order valence-corrected chi connectivity index (χ2v) is 3.36. The van der Waals surface area contributed by atoms with E-state index in [-0.39, 0.29) is 11.4 Å². The number of hydroxylamine groups is 2. The number of nitrogens with one attached hydrogen (secondary N) is 1. The summed E-state index contributed by atoms with van der Waals surface area (Å²) in [5.41, 5.74) is 1.43. The lowest BCUT2D eigenvalue weighted by Crippen LogP contribution is -2.42. The first-order chi connectivity index (χ1) is 7.74. The number of rotatable bonds is 4. The van der Waals surface area contributed by atoms with E-state index < -0.39 is 22.3 Å². The van der Waals surface area contributed by atoms with Gasteiger partial charge in [0.2, 0.25) is 0 Å². The Morgan fingerprint density at radius 2 is 2.06 bits per heavy atom. The predicted octanol–water partition coefficient (Wildman–Crippen LogP) is 1.08. The normalized spacial score (nSPS) is 11.1. The Morgan fingerprint density at radius 1 is 1.47 bits per heavy atom. The van der Waals surface area contributed by atoms with E-state index in [0.717, 1.165) is 19.2 Å². The molecule has 1 aromatic rings. The van der Waals surface area contributed by atoms with Gasteiger partial charge in [0.1, 0.15) is 17.3 Å². The molecule has 1 rings (SSSR count). The standard InChI is InChI=1S/C9H11FN2O5/c1-12(15,16)11-7-4-6(10)5(9(13)14)3-8(7)17-2/h3-4,11,15-16H,1-2H3/p+1. The van der Waals surface area contributed by atoms with Crippen molar-refractivity contribution in [3.63, 3.8) is 0 Å². The van der Waals surface area contributed by atoms with E-state index in [4.69, 9.17) is 20.3 Å². The van der Waals surface area contributed by atoms with Crippen molar-refractivity contribution in [1.29, 1.82) is 0 Å². The van der Waals surface area contributed by atoms with Gasteiger partial charge >= 0.3 is 5.97 Å². The van der Waals surface area contributed by atoms with Gasteiger partial charge in [0.05, 0.1) is 12.7 Å². The Morgan fingerprint density at radius 3 is 2.47 bits per heavy atom. The van der Waals surface area contributed by atoms with Crippen LogP contribution in [0.2, 0.25) is 0 Å². The summed E-state index contributed by atoms with van der Waals surface area (Å²) in [4.78, 5) is 9.02. The molecule has 0 aliphatic rings. The molecule has 0 aliphatic carbocycles. The number of hydrogen-bond acceptors (Lipinski definition) is 5. The molecule has 0 saturated heterocycles. The van der Waals surface area contributed by atoms with Crippen molar-refractivity contribution in [2.24, 2.45) is 0 Å². The summed E-state index contributed by atoms with van der Waals surface area (Å²) in [6.07, 6.45) is 0. The number of carboxylic acid groups (broad SMARTS) is 1. The number of benzene rings is 1. The average Bonchev–Trinajstić information content (AvgIpc) is 2.14. The van der Waals surface area contributed by atoms with Crippen LogP contribution in [0.3, 0.4) is 0 Å². The van der Waals surface area contributed by atoms with E-state index in [1.165, 1.54) is 7.11 Å². The van der Waals surface area contributed by atoms with Crippen LogP contribution in [0.15, 0.2) is 12.1 Å². The monoisotopic (exact) mass is 247 g/mol. The van der Waals surface area contributed by atoms with Gasteiger partial charge < -0.3 is 9.84 Å². The lowest BCUT2D eigenvalue weighted by molar-refractivity contribution is -1.22. The molecule has 0 heterocycles. The fourth-order valence-electron chi connectivity index (χ4n) is 1.20. The number of aromatic carboxylic acids is 1. The van der Waals surface area contributed by atoms with Crippen molar-refractivity contribution in [3.05, 3.63) is 23.5 Å². The Bertz CT molecular complexity index is 444. The first kappa shape index (κ1) is 13.2. The topological polar surface area (TPSA) is 99.0 Å². The molecule has 0 saturated carbocycles. The number of anilines is 1. The van der Waals surface area contributed by atoms with Gasteiger partial charge in [-0.1, -0.05) is 0 Å². The lowest BCUT2D eigenvalue weighted by atomic mass is 10.2. The van der Waals surface area contributed by atoms with Crippen molar-refractivity contribution in [2.45, 2.75) is 0 Å². The minimum Gasteiger partial charge on any atom is -0.494 e. The van der Waals surface area contributed by atoms with Crippen molar-refractivity contribution < 1.29 is 34.4 Å². The molecule has 7 nitrogen and oxygen atoms in total. The molecular formula is C9H12FN2O5+. The molecule has 0 bridgehead atoms. The molecule has 94 valence electrons. The highest BCUT2D eigenvalue weighted by atomic mass is 19.1. The predicted molar refractivity (Wildman–Crippen MR) is 53.3 cm³/mol. The third-order valence-corrected chi connectivity index (χ3v) is 1.85. The van der Waals surface area contributed by atoms with Crippen LogP contribution >= 0.6 is 0 Å². The van der Waals surface area contributed by atoms with Crippen molar-refractivity contribution in [3.8, 4) is 5.75 Å². The number of methoxy groups -OCH3 is 1. The quantitative estimate of drug-likeness (QED) is 0.469. The number of hydrogen-bond donors (Lipinski definition) is 4. The molecule has 0 atom stereocenters. The maximum Gasteiger partial charge on any atom is 0.338 e. The summed E-state index contributed by atoms with van der Waals surface area (Å²) in [6, 6.07) is 1.74. The molecular weight excluding hydrogens is 235 g/mol. The molecule has 4 N–H and O–H groups in total. The zero-order chi connectivity index (χ0) is 13.2. The highest BCUT2D eigenvalue weighted by molar-refractivity contribution is 5.89. The molecule has 0 radical (unpaired) electrons. The molecule has 0 aliphatic heterocycles. The first-order valence-electron chi connectivity index (χ1n) is 4.45. The van der Waals surface area contributed by atoms with Gasteiger partial charge in [-0.2, -0.15) is 15.8 Å². The largest absolute Gasteiger partial charge is 0.494 e. The summed E-state index contributed by atoms with van der Waals surface area (Å²) in [5.74, 6) is -2.50. The maximum atomic E-state index is 13.3. The Labute approximate surface area is 95.7 Å². The van der Waals surface area contributed by atoms with Crippen molar-refractivity contribution in [2.75, 3.05) is 19.6 Å². The van der Waals surface area contributed by atoms with Gasteiger partial charge in [-0.3, -0.25) is 0 Å². The SMILES string of the molecule is COc1cc(C(=O)O)c(F)cc1N[N+](C)(O)O. The van der Waals surface area contributed by atoms with Crippen LogP contribution in [0, 0.1) is 5.82 Å². The zero-order valence-electron chi connectivity index (χ0n) is 9.14. The zero-order valence-corrected chi connectivity index (χ0v) is 9.14. The lowest BCUT2D eigenvalue weighted by Gasteiger charge is -2.18. The summed E-state index contributed by atoms with van der Waals surface area (Å²) >= 11 is 0. The Kier molecular flexibility index (Phi) is 3.51. The Balaban J connectivity index is 3.24. The summed E-state index contributed by atoms with van der Waals surface area (Å²) < 4.78 is 18.2. The number of carboxylic acids is 1. The van der Waals surface area contributed by atoms with Gasteiger partial charge in [0, 0.05) is 11.0 Å². The smallest absolute Gasteiger partial charge is 0.338 e. The maximum absolute atomic E-state index is 13.3. The first-order valence-corrected chi connectivity index (χ1v) is 4.45. The van der Waals surface area contributed by atoms with E-state index in [2.05, 4.69) is 5.43 Å². The molecule has 17 heavy (non-hydrogen) atoms. The van der Waals surface area contributed by atoms with E-state index in [1.54, 1.807) is 0 Å². The average molecular weight is 247 g/mol. The summed E-state index contributed by atoms with van der Waals surface area (Å²) in [5, 5.41) is 26.8. The van der Waals surface area contributed by atoms with Crippen LogP contribution in [0.4, 0.5) is 10.1 Å². The number of ether oxygens (including phenoxy) is 1. The summed E-state index contributed by atoms with van der Waals surface area (Å²) in [6.45, 7) is 0. The van der Waals surface area contributed by atoms with E-state index in [9.17, 15) is 9.18 Å².